The predicted molar refractivity (Wildman–Crippen MR) is 55.4 cm³/mol. The predicted octanol–water partition coefficient (Wildman–Crippen LogP) is 2.99. The second-order valence-electron chi connectivity index (χ2n) is 4.80. The van der Waals surface area contributed by atoms with E-state index in [0.29, 0.717) is 6.61 Å². The average Bonchev–Trinajstić information content (AvgIpc) is 2.15. The Morgan fingerprint density at radius 2 is 2.00 bits per heavy atom. The molecule has 1 aromatic rings. The molecule has 2 rings (SSSR count). The summed E-state index contributed by atoms with van der Waals surface area (Å²) in [4.78, 5) is 0. The van der Waals surface area contributed by atoms with Crippen molar-refractivity contribution in [1.29, 1.82) is 0 Å². The molecule has 0 radical (unpaired) electrons. The lowest BCUT2D eigenvalue weighted by Crippen LogP contribution is -2.19. The first-order chi connectivity index (χ1) is 6.98. The largest absolute Gasteiger partial charge is 0.467 e. The lowest BCUT2D eigenvalue weighted by atomic mass is 9.85. The Morgan fingerprint density at radius 1 is 1.27 bits per heavy atom. The molecule has 0 aromatic heterocycles. The van der Waals surface area contributed by atoms with Gasteiger partial charge in [0, 0.05) is 11.1 Å². The molecular formula is C12H15FO2. The van der Waals surface area contributed by atoms with Crippen LogP contribution in [0.3, 0.4) is 0 Å². The van der Waals surface area contributed by atoms with E-state index in [1.165, 1.54) is 6.07 Å². The van der Waals surface area contributed by atoms with E-state index in [1.807, 2.05) is 20.8 Å². The van der Waals surface area contributed by atoms with Crippen LogP contribution in [-0.2, 0) is 16.8 Å². The van der Waals surface area contributed by atoms with Gasteiger partial charge in [0.05, 0.1) is 6.61 Å². The Kier molecular flexibility index (Phi) is 2.43. The van der Waals surface area contributed by atoms with E-state index < -0.39 is 0 Å². The summed E-state index contributed by atoms with van der Waals surface area (Å²) in [6, 6.07) is 3.02. The summed E-state index contributed by atoms with van der Waals surface area (Å²) < 4.78 is 24.0. The second kappa shape index (κ2) is 3.49. The third kappa shape index (κ3) is 1.97. The van der Waals surface area contributed by atoms with Gasteiger partial charge in [0.1, 0.15) is 11.6 Å². The Hall–Kier alpha value is -1.09. The summed E-state index contributed by atoms with van der Waals surface area (Å²) in [5, 5.41) is 0. The molecule has 0 fully saturated rings. The quantitative estimate of drug-likeness (QED) is 0.655. The van der Waals surface area contributed by atoms with Crippen LogP contribution in [0.4, 0.5) is 4.39 Å². The van der Waals surface area contributed by atoms with E-state index in [2.05, 4.69) is 0 Å². The smallest absolute Gasteiger partial charge is 0.189 e. The van der Waals surface area contributed by atoms with Crippen molar-refractivity contribution in [3.8, 4) is 5.75 Å². The first-order valence-corrected chi connectivity index (χ1v) is 5.02. The molecule has 0 saturated heterocycles. The van der Waals surface area contributed by atoms with E-state index in [0.717, 1.165) is 16.9 Å². The van der Waals surface area contributed by atoms with Crippen molar-refractivity contribution in [2.45, 2.75) is 32.8 Å². The lowest BCUT2D eigenvalue weighted by Gasteiger charge is -2.27. The fourth-order valence-corrected chi connectivity index (χ4v) is 1.74. The highest BCUT2D eigenvalue weighted by Crippen LogP contribution is 2.36. The molecule has 0 saturated carbocycles. The van der Waals surface area contributed by atoms with E-state index in [4.69, 9.17) is 9.47 Å². The number of hydrogen-bond donors (Lipinski definition) is 0. The SMILES string of the molecule is CC(C)(C)c1cc(F)cc2c1OCOC2. The summed E-state index contributed by atoms with van der Waals surface area (Å²) >= 11 is 0. The van der Waals surface area contributed by atoms with E-state index in [9.17, 15) is 4.39 Å². The Balaban J connectivity index is 2.58. The number of halogens is 1. The maximum atomic E-state index is 13.4. The van der Waals surface area contributed by atoms with Crippen LogP contribution in [0, 0.1) is 5.82 Å². The fourth-order valence-electron chi connectivity index (χ4n) is 1.74. The molecule has 1 heterocycles. The molecule has 1 aliphatic rings. The van der Waals surface area contributed by atoms with Gasteiger partial charge >= 0.3 is 0 Å². The molecule has 3 heteroatoms. The molecule has 0 aliphatic carbocycles. The van der Waals surface area contributed by atoms with Crippen molar-refractivity contribution < 1.29 is 13.9 Å². The highest BCUT2D eigenvalue weighted by molar-refractivity contribution is 5.45. The summed E-state index contributed by atoms with van der Waals surface area (Å²) in [5.41, 5.74) is 1.58. The topological polar surface area (TPSA) is 18.5 Å². The maximum Gasteiger partial charge on any atom is 0.189 e. The van der Waals surface area contributed by atoms with Gasteiger partial charge in [-0.15, -0.1) is 0 Å². The van der Waals surface area contributed by atoms with Crippen molar-refractivity contribution in [2.24, 2.45) is 0 Å². The number of fused-ring (bicyclic) bond motifs is 1. The maximum absolute atomic E-state index is 13.4. The van der Waals surface area contributed by atoms with Crippen molar-refractivity contribution in [3.05, 3.63) is 29.1 Å². The van der Waals surface area contributed by atoms with Gasteiger partial charge in [-0.05, 0) is 17.5 Å². The van der Waals surface area contributed by atoms with Gasteiger partial charge in [-0.25, -0.2) is 4.39 Å². The van der Waals surface area contributed by atoms with E-state index >= 15 is 0 Å². The Labute approximate surface area is 89.0 Å². The summed E-state index contributed by atoms with van der Waals surface area (Å²) in [6.07, 6.45) is 0. The Morgan fingerprint density at radius 3 is 2.67 bits per heavy atom. The number of ether oxygens (including phenoxy) is 2. The number of rotatable bonds is 0. The van der Waals surface area contributed by atoms with Crippen molar-refractivity contribution >= 4 is 0 Å². The molecule has 0 unspecified atom stereocenters. The summed E-state index contributed by atoms with van der Waals surface area (Å²) in [6.45, 7) is 6.81. The van der Waals surface area contributed by atoms with E-state index in [1.54, 1.807) is 6.07 Å². The standard InChI is InChI=1S/C12H15FO2/c1-12(2,3)10-5-9(13)4-8-6-14-7-15-11(8)10/h4-5H,6-7H2,1-3H3. The number of benzene rings is 1. The van der Waals surface area contributed by atoms with Crippen LogP contribution in [0.25, 0.3) is 0 Å². The number of hydrogen-bond acceptors (Lipinski definition) is 2. The molecule has 0 N–H and O–H groups in total. The van der Waals surface area contributed by atoms with Gasteiger partial charge in [0.15, 0.2) is 6.79 Å². The monoisotopic (exact) mass is 210 g/mol. The van der Waals surface area contributed by atoms with Gasteiger partial charge in [0.25, 0.3) is 0 Å². The minimum Gasteiger partial charge on any atom is -0.467 e. The molecule has 0 spiro atoms. The normalized spacial score (nSPS) is 15.7. The van der Waals surface area contributed by atoms with Crippen LogP contribution in [0.15, 0.2) is 12.1 Å². The zero-order chi connectivity index (χ0) is 11.1. The van der Waals surface area contributed by atoms with Gasteiger partial charge < -0.3 is 9.47 Å². The highest BCUT2D eigenvalue weighted by atomic mass is 19.1. The molecule has 2 nitrogen and oxygen atoms in total. The minimum atomic E-state index is -0.229. The van der Waals surface area contributed by atoms with Gasteiger partial charge in [-0.1, -0.05) is 20.8 Å². The first kappa shape index (κ1) is 10.4. The second-order valence-corrected chi connectivity index (χ2v) is 4.80. The molecule has 1 aliphatic heterocycles. The molecular weight excluding hydrogens is 195 g/mol. The van der Waals surface area contributed by atoms with Crippen LogP contribution in [0.1, 0.15) is 31.9 Å². The third-order valence-electron chi connectivity index (χ3n) is 2.48. The first-order valence-electron chi connectivity index (χ1n) is 5.02. The summed E-state index contributed by atoms with van der Waals surface area (Å²) in [7, 11) is 0. The molecule has 1 aromatic carbocycles. The lowest BCUT2D eigenvalue weighted by molar-refractivity contribution is -0.0178. The summed E-state index contributed by atoms with van der Waals surface area (Å²) in [5.74, 6) is 0.558. The van der Waals surface area contributed by atoms with E-state index in [-0.39, 0.29) is 18.0 Å². The molecule has 0 amide bonds. The van der Waals surface area contributed by atoms with Crippen LogP contribution in [0.2, 0.25) is 0 Å². The molecule has 0 atom stereocenters. The van der Waals surface area contributed by atoms with Crippen LogP contribution in [0.5, 0.6) is 5.75 Å². The third-order valence-corrected chi connectivity index (χ3v) is 2.48. The van der Waals surface area contributed by atoms with Crippen LogP contribution >= 0.6 is 0 Å². The average molecular weight is 210 g/mol. The van der Waals surface area contributed by atoms with Crippen molar-refractivity contribution in [1.82, 2.24) is 0 Å². The van der Waals surface area contributed by atoms with Crippen molar-refractivity contribution in [3.63, 3.8) is 0 Å². The fraction of sp³-hybridized carbons (Fsp3) is 0.500. The molecule has 15 heavy (non-hydrogen) atoms. The molecule has 0 bridgehead atoms. The van der Waals surface area contributed by atoms with Gasteiger partial charge in [-0.3, -0.25) is 0 Å². The van der Waals surface area contributed by atoms with Gasteiger partial charge in [0.2, 0.25) is 0 Å². The highest BCUT2D eigenvalue weighted by Gasteiger charge is 2.24. The van der Waals surface area contributed by atoms with Gasteiger partial charge in [-0.2, -0.15) is 0 Å². The minimum absolute atomic E-state index is 0.122. The Bertz CT molecular complexity index is 380. The zero-order valence-electron chi connectivity index (χ0n) is 9.26. The zero-order valence-corrected chi connectivity index (χ0v) is 9.26. The van der Waals surface area contributed by atoms with Crippen LogP contribution < -0.4 is 4.74 Å². The molecule has 82 valence electrons. The van der Waals surface area contributed by atoms with Crippen molar-refractivity contribution in [2.75, 3.05) is 6.79 Å². The van der Waals surface area contributed by atoms with Crippen LogP contribution in [-0.4, -0.2) is 6.79 Å².